The molecule has 162 valence electrons. The molecule has 3 heterocycles. The monoisotopic (exact) mass is 439 g/mol. The average Bonchev–Trinajstić information content (AvgIpc) is 3.13. The SMILES string of the molecule is Cc1cc(C(=O)N[C@@H]2CCN(C(=O)c3ccc4scc(C)c4c3)C[C@H]2CO)[nH]c(=O)c1. The van der Waals surface area contributed by atoms with Crippen LogP contribution in [0.3, 0.4) is 0 Å². The summed E-state index contributed by atoms with van der Waals surface area (Å²) in [6.07, 6.45) is 0.526. The highest BCUT2D eigenvalue weighted by atomic mass is 32.1. The van der Waals surface area contributed by atoms with Crippen LogP contribution in [0, 0.1) is 19.8 Å². The van der Waals surface area contributed by atoms with Gasteiger partial charge >= 0.3 is 0 Å². The molecule has 1 aliphatic heterocycles. The summed E-state index contributed by atoms with van der Waals surface area (Å²) in [5, 5.41) is 16.0. The van der Waals surface area contributed by atoms with Crippen LogP contribution in [-0.2, 0) is 0 Å². The molecule has 4 rings (SSSR count). The van der Waals surface area contributed by atoms with Gasteiger partial charge in [-0.05, 0) is 66.4 Å². The molecule has 1 saturated heterocycles. The minimum absolute atomic E-state index is 0.0706. The number of nitrogens with one attached hydrogen (secondary N) is 2. The molecular weight excluding hydrogens is 414 g/mol. The fourth-order valence-corrected chi connectivity index (χ4v) is 5.04. The lowest BCUT2D eigenvalue weighted by molar-refractivity contribution is 0.0533. The van der Waals surface area contributed by atoms with Gasteiger partial charge < -0.3 is 20.3 Å². The molecule has 0 bridgehead atoms. The first-order valence-corrected chi connectivity index (χ1v) is 11.1. The standard InChI is InChI=1S/C23H25N3O4S/c1-13-7-19(24-21(28)8-13)22(29)25-18-5-6-26(10-16(18)11-27)23(30)15-3-4-20-17(9-15)14(2)12-31-20/h3-4,7-9,12,16,18,27H,5-6,10-11H2,1-2H3,(H,24,28)(H,25,29)/t16-,18+/m0/s1. The Morgan fingerprint density at radius 2 is 2.06 bits per heavy atom. The number of piperidine rings is 1. The number of nitrogens with zero attached hydrogens (tertiary/aromatic N) is 1. The fourth-order valence-electron chi connectivity index (χ4n) is 4.11. The molecule has 3 aromatic rings. The van der Waals surface area contributed by atoms with Gasteiger partial charge in [0.2, 0.25) is 5.56 Å². The molecule has 2 aromatic heterocycles. The molecule has 0 saturated carbocycles. The van der Waals surface area contributed by atoms with Crippen molar-refractivity contribution >= 4 is 33.2 Å². The molecule has 0 spiro atoms. The number of aliphatic hydroxyl groups is 1. The number of rotatable bonds is 4. The van der Waals surface area contributed by atoms with Gasteiger partial charge in [-0.15, -0.1) is 11.3 Å². The number of aromatic amines is 1. The van der Waals surface area contributed by atoms with Crippen LogP contribution >= 0.6 is 11.3 Å². The molecule has 7 nitrogen and oxygen atoms in total. The van der Waals surface area contributed by atoms with Gasteiger partial charge in [-0.2, -0.15) is 0 Å². The number of likely N-dealkylation sites (tertiary alicyclic amines) is 1. The van der Waals surface area contributed by atoms with Crippen molar-refractivity contribution in [1.82, 2.24) is 15.2 Å². The van der Waals surface area contributed by atoms with E-state index in [4.69, 9.17) is 0 Å². The van der Waals surface area contributed by atoms with Crippen LogP contribution in [0.4, 0.5) is 0 Å². The smallest absolute Gasteiger partial charge is 0.268 e. The molecule has 0 radical (unpaired) electrons. The van der Waals surface area contributed by atoms with Gasteiger partial charge in [0.15, 0.2) is 0 Å². The van der Waals surface area contributed by atoms with Gasteiger partial charge in [-0.3, -0.25) is 14.4 Å². The van der Waals surface area contributed by atoms with Gasteiger partial charge in [0.05, 0.1) is 0 Å². The maximum Gasteiger partial charge on any atom is 0.268 e. The van der Waals surface area contributed by atoms with Crippen molar-refractivity contribution in [3.63, 3.8) is 0 Å². The Kier molecular flexibility index (Phi) is 5.93. The number of amides is 2. The largest absolute Gasteiger partial charge is 0.396 e. The van der Waals surface area contributed by atoms with Crippen molar-refractivity contribution in [2.45, 2.75) is 26.3 Å². The van der Waals surface area contributed by atoms with Crippen LogP contribution in [0.5, 0.6) is 0 Å². The number of benzene rings is 1. The second kappa shape index (κ2) is 8.64. The number of aromatic nitrogens is 1. The number of aliphatic hydroxyl groups excluding tert-OH is 1. The molecule has 1 aromatic carbocycles. The van der Waals surface area contributed by atoms with Gasteiger partial charge in [0.25, 0.3) is 11.8 Å². The molecule has 1 aliphatic rings. The number of H-pyrrole nitrogens is 1. The van der Waals surface area contributed by atoms with E-state index in [0.29, 0.717) is 30.6 Å². The lowest BCUT2D eigenvalue weighted by atomic mass is 9.92. The van der Waals surface area contributed by atoms with Gasteiger partial charge in [0.1, 0.15) is 5.69 Å². The van der Waals surface area contributed by atoms with E-state index in [1.165, 1.54) is 6.07 Å². The van der Waals surface area contributed by atoms with Crippen molar-refractivity contribution in [2.75, 3.05) is 19.7 Å². The molecule has 0 aliphatic carbocycles. The number of hydrogen-bond donors (Lipinski definition) is 3. The van der Waals surface area contributed by atoms with E-state index in [1.807, 2.05) is 25.1 Å². The number of thiophene rings is 1. The molecule has 31 heavy (non-hydrogen) atoms. The Morgan fingerprint density at radius 3 is 2.81 bits per heavy atom. The first-order valence-electron chi connectivity index (χ1n) is 10.3. The van der Waals surface area contributed by atoms with E-state index in [9.17, 15) is 19.5 Å². The van der Waals surface area contributed by atoms with E-state index >= 15 is 0 Å². The van der Waals surface area contributed by atoms with Gasteiger partial charge in [0, 0.05) is 48.0 Å². The minimum atomic E-state index is -0.387. The maximum atomic E-state index is 13.1. The summed E-state index contributed by atoms with van der Waals surface area (Å²) in [5.41, 5.74) is 2.34. The highest BCUT2D eigenvalue weighted by Crippen LogP contribution is 2.27. The lowest BCUT2D eigenvalue weighted by Gasteiger charge is -2.38. The second-order valence-corrected chi connectivity index (χ2v) is 9.04. The summed E-state index contributed by atoms with van der Waals surface area (Å²) >= 11 is 1.66. The van der Waals surface area contributed by atoms with Gasteiger partial charge in [-0.1, -0.05) is 0 Å². The maximum absolute atomic E-state index is 13.1. The Balaban J connectivity index is 1.46. The number of aryl methyl sites for hydroxylation is 2. The van der Waals surface area contributed by atoms with Crippen LogP contribution in [0.25, 0.3) is 10.1 Å². The zero-order valence-corrected chi connectivity index (χ0v) is 18.3. The Morgan fingerprint density at radius 1 is 1.26 bits per heavy atom. The van der Waals surface area contributed by atoms with E-state index in [2.05, 4.69) is 15.7 Å². The summed E-state index contributed by atoms with van der Waals surface area (Å²) in [7, 11) is 0. The molecule has 8 heteroatoms. The highest BCUT2D eigenvalue weighted by Gasteiger charge is 2.33. The van der Waals surface area contributed by atoms with Crippen molar-refractivity contribution in [1.29, 1.82) is 0 Å². The van der Waals surface area contributed by atoms with Crippen LogP contribution in [0.1, 0.15) is 38.4 Å². The third kappa shape index (κ3) is 4.40. The average molecular weight is 440 g/mol. The Hall–Kier alpha value is -2.97. The number of pyridine rings is 1. The molecule has 0 unspecified atom stereocenters. The van der Waals surface area contributed by atoms with Crippen molar-refractivity contribution in [2.24, 2.45) is 5.92 Å². The summed E-state index contributed by atoms with van der Waals surface area (Å²) in [6.45, 7) is 4.46. The topological polar surface area (TPSA) is 102 Å². The Bertz CT molecular complexity index is 1200. The van der Waals surface area contributed by atoms with Crippen molar-refractivity contribution < 1.29 is 14.7 Å². The third-order valence-electron chi connectivity index (χ3n) is 5.82. The first kappa shape index (κ1) is 21.3. The van der Waals surface area contributed by atoms with E-state index in [0.717, 1.165) is 15.6 Å². The summed E-state index contributed by atoms with van der Waals surface area (Å²) < 4.78 is 1.15. The minimum Gasteiger partial charge on any atom is -0.396 e. The van der Waals surface area contributed by atoms with E-state index < -0.39 is 0 Å². The highest BCUT2D eigenvalue weighted by molar-refractivity contribution is 7.17. The van der Waals surface area contributed by atoms with Crippen LogP contribution in [0.2, 0.25) is 0 Å². The van der Waals surface area contributed by atoms with Crippen molar-refractivity contribution in [3.05, 3.63) is 68.4 Å². The van der Waals surface area contributed by atoms with E-state index in [1.54, 1.807) is 29.2 Å². The fraction of sp³-hybridized carbons (Fsp3) is 0.348. The molecule has 1 fully saturated rings. The molecule has 2 atom stereocenters. The normalized spacial score (nSPS) is 18.9. The predicted molar refractivity (Wildman–Crippen MR) is 121 cm³/mol. The zero-order valence-electron chi connectivity index (χ0n) is 17.5. The van der Waals surface area contributed by atoms with Crippen LogP contribution in [-0.4, -0.2) is 52.5 Å². The molecule has 2 amide bonds. The second-order valence-electron chi connectivity index (χ2n) is 8.13. The number of carbonyl (C=O) groups is 2. The van der Waals surface area contributed by atoms with Crippen LogP contribution in [0.15, 0.2) is 40.5 Å². The van der Waals surface area contributed by atoms with Gasteiger partial charge in [-0.25, -0.2) is 0 Å². The zero-order chi connectivity index (χ0) is 22.1. The predicted octanol–water partition coefficient (Wildman–Crippen LogP) is 2.46. The third-order valence-corrected chi connectivity index (χ3v) is 6.90. The quantitative estimate of drug-likeness (QED) is 0.581. The molecule has 3 N–H and O–H groups in total. The lowest BCUT2D eigenvalue weighted by Crippen LogP contribution is -2.53. The summed E-state index contributed by atoms with van der Waals surface area (Å²) in [6, 6.07) is 8.50. The van der Waals surface area contributed by atoms with Crippen LogP contribution < -0.4 is 10.9 Å². The number of hydrogen-bond acceptors (Lipinski definition) is 5. The van der Waals surface area contributed by atoms with E-state index in [-0.39, 0.29) is 41.6 Å². The number of fused-ring (bicyclic) bond motifs is 1. The van der Waals surface area contributed by atoms with Crippen molar-refractivity contribution in [3.8, 4) is 0 Å². The Labute approximate surface area is 183 Å². The number of carbonyl (C=O) groups excluding carboxylic acids is 2. The summed E-state index contributed by atoms with van der Waals surface area (Å²) in [5.74, 6) is -0.744. The first-order chi connectivity index (χ1) is 14.9. The summed E-state index contributed by atoms with van der Waals surface area (Å²) in [4.78, 5) is 41.6. The molecular formula is C23H25N3O4S.